The van der Waals surface area contributed by atoms with Crippen molar-refractivity contribution in [3.8, 4) is 0 Å². The lowest BCUT2D eigenvalue weighted by atomic mass is 9.86. The molecule has 2 amide bonds. The first-order valence-corrected chi connectivity index (χ1v) is 15.3. The summed E-state index contributed by atoms with van der Waals surface area (Å²) < 4.78 is 27.9. The second-order valence-corrected chi connectivity index (χ2v) is 12.7. The van der Waals surface area contributed by atoms with Gasteiger partial charge in [-0.05, 0) is 74.0 Å². The fraction of sp³-hybridized carbons (Fsp3) is 0.500. The fourth-order valence-corrected chi connectivity index (χ4v) is 7.96. The third kappa shape index (κ3) is 5.91. The summed E-state index contributed by atoms with van der Waals surface area (Å²) in [6.07, 6.45) is 6.32. The molecule has 2 N–H and O–H groups in total. The summed E-state index contributed by atoms with van der Waals surface area (Å²) in [5.41, 5.74) is 3.67. The van der Waals surface area contributed by atoms with Gasteiger partial charge >= 0.3 is 0 Å². The minimum Gasteiger partial charge on any atom is -0.353 e. The van der Waals surface area contributed by atoms with Gasteiger partial charge in [-0.15, -0.1) is 0 Å². The Bertz CT molecular complexity index is 1300. The summed E-state index contributed by atoms with van der Waals surface area (Å²) in [6, 6.07) is 11.4. The number of likely N-dealkylation sites (tertiary alicyclic amines) is 1. The molecule has 2 heterocycles. The highest BCUT2D eigenvalue weighted by Crippen LogP contribution is 2.32. The topological polar surface area (TPSA) is 98.8 Å². The number of piperazine rings is 1. The summed E-state index contributed by atoms with van der Waals surface area (Å²) in [5.74, 6) is -0.824. The first-order valence-electron chi connectivity index (χ1n) is 13.5. The number of carbonyl (C=O) groups excluding carboxylic acids is 2. The van der Waals surface area contributed by atoms with Crippen LogP contribution in [0.25, 0.3) is 0 Å². The maximum absolute atomic E-state index is 13.4. The van der Waals surface area contributed by atoms with Gasteiger partial charge in [0.15, 0.2) is 0 Å². The molecule has 2 saturated heterocycles. The van der Waals surface area contributed by atoms with Gasteiger partial charge in [0.25, 0.3) is 0 Å². The van der Waals surface area contributed by atoms with Crippen molar-refractivity contribution in [2.75, 3.05) is 26.2 Å². The first kappa shape index (κ1) is 27.1. The number of rotatable bonds is 7. The lowest BCUT2D eigenvalue weighted by Crippen LogP contribution is -2.58. The number of halogens is 1. The summed E-state index contributed by atoms with van der Waals surface area (Å²) in [7, 11) is -4.06. The molecule has 38 heavy (non-hydrogen) atoms. The number of carbonyl (C=O) groups is 2. The zero-order valence-electron chi connectivity index (χ0n) is 21.5. The van der Waals surface area contributed by atoms with Crippen LogP contribution in [-0.4, -0.2) is 61.7 Å². The SMILES string of the molecule is O=C(C[C@@H]1C(=O)NCCN1S(=O)(=O)c1ccccc1Cl)N[C@@H]1CCCc2cc(CN3CCCCC3)ccc21. The van der Waals surface area contributed by atoms with Gasteiger partial charge in [-0.2, -0.15) is 4.31 Å². The van der Waals surface area contributed by atoms with Crippen LogP contribution in [-0.2, 0) is 32.6 Å². The summed E-state index contributed by atoms with van der Waals surface area (Å²) in [5, 5.41) is 5.88. The highest BCUT2D eigenvalue weighted by Gasteiger charge is 2.40. The number of sulfonamides is 1. The quantitative estimate of drug-likeness (QED) is 0.543. The number of nitrogens with one attached hydrogen (secondary N) is 2. The molecular weight excluding hydrogens is 524 g/mol. The smallest absolute Gasteiger partial charge is 0.245 e. The van der Waals surface area contributed by atoms with Crippen LogP contribution in [0.15, 0.2) is 47.4 Å². The molecule has 8 nitrogen and oxygen atoms in total. The Morgan fingerprint density at radius 3 is 2.63 bits per heavy atom. The van der Waals surface area contributed by atoms with Crippen molar-refractivity contribution in [1.82, 2.24) is 19.8 Å². The predicted molar refractivity (Wildman–Crippen MR) is 146 cm³/mol. The van der Waals surface area contributed by atoms with E-state index in [1.807, 2.05) is 0 Å². The zero-order chi connectivity index (χ0) is 26.7. The first-order chi connectivity index (χ1) is 18.3. The van der Waals surface area contributed by atoms with E-state index in [2.05, 4.69) is 33.7 Å². The van der Waals surface area contributed by atoms with Crippen molar-refractivity contribution < 1.29 is 18.0 Å². The number of fused-ring (bicyclic) bond motifs is 1. The van der Waals surface area contributed by atoms with Gasteiger partial charge in [-0.1, -0.05) is 48.4 Å². The number of amides is 2. The normalized spacial score (nSPS) is 22.9. The van der Waals surface area contributed by atoms with Crippen LogP contribution in [0.2, 0.25) is 5.02 Å². The summed E-state index contributed by atoms with van der Waals surface area (Å²) in [6.45, 7) is 3.50. The van der Waals surface area contributed by atoms with E-state index in [1.165, 1.54) is 42.5 Å². The van der Waals surface area contributed by atoms with Crippen LogP contribution in [0.4, 0.5) is 0 Å². The van der Waals surface area contributed by atoms with E-state index in [9.17, 15) is 18.0 Å². The molecule has 3 aliphatic rings. The second kappa shape index (κ2) is 11.7. The largest absolute Gasteiger partial charge is 0.353 e. The van der Waals surface area contributed by atoms with Crippen LogP contribution >= 0.6 is 11.6 Å². The van der Waals surface area contributed by atoms with E-state index >= 15 is 0 Å². The molecule has 204 valence electrons. The lowest BCUT2D eigenvalue weighted by Gasteiger charge is -2.34. The van der Waals surface area contributed by atoms with Crippen LogP contribution in [0.5, 0.6) is 0 Å². The van der Waals surface area contributed by atoms with E-state index in [0.717, 1.165) is 48.8 Å². The Balaban J connectivity index is 1.28. The van der Waals surface area contributed by atoms with E-state index in [1.54, 1.807) is 12.1 Å². The van der Waals surface area contributed by atoms with Gasteiger partial charge in [0.1, 0.15) is 10.9 Å². The standard InChI is InChI=1S/C28H35ClN4O4S/c29-23-8-2-3-10-26(23)38(36,37)33-16-13-30-28(35)25(33)18-27(34)31-24-9-6-7-21-17-20(11-12-22(21)24)19-32-14-4-1-5-15-32/h2-3,8,10-12,17,24-25H,1,4-7,9,13-16,18-19H2,(H,30,35)(H,31,34)/t24-,25-/m1/s1. The van der Waals surface area contributed by atoms with Crippen molar-refractivity contribution in [3.05, 3.63) is 64.2 Å². The van der Waals surface area contributed by atoms with Crippen LogP contribution in [0.1, 0.15) is 61.3 Å². The number of piperidine rings is 1. The predicted octanol–water partition coefficient (Wildman–Crippen LogP) is 3.40. The van der Waals surface area contributed by atoms with Gasteiger partial charge in [0.05, 0.1) is 17.5 Å². The summed E-state index contributed by atoms with van der Waals surface area (Å²) >= 11 is 6.17. The van der Waals surface area contributed by atoms with Crippen LogP contribution in [0.3, 0.4) is 0 Å². The molecule has 1 aliphatic carbocycles. The number of hydrogen-bond acceptors (Lipinski definition) is 5. The number of aryl methyl sites for hydroxylation is 1. The highest BCUT2D eigenvalue weighted by atomic mass is 35.5. The van der Waals surface area contributed by atoms with Crippen molar-refractivity contribution >= 4 is 33.4 Å². The molecule has 0 unspecified atom stereocenters. The maximum atomic E-state index is 13.4. The molecule has 2 aliphatic heterocycles. The van der Waals surface area contributed by atoms with Gasteiger partial charge in [0, 0.05) is 19.6 Å². The number of nitrogens with zero attached hydrogens (tertiary/aromatic N) is 2. The Labute approximate surface area is 229 Å². The molecule has 2 aromatic rings. The van der Waals surface area contributed by atoms with Gasteiger partial charge in [0.2, 0.25) is 21.8 Å². The highest BCUT2D eigenvalue weighted by molar-refractivity contribution is 7.89. The summed E-state index contributed by atoms with van der Waals surface area (Å²) in [4.78, 5) is 28.4. The van der Waals surface area contributed by atoms with E-state index in [0.29, 0.717) is 0 Å². The molecular formula is C28H35ClN4O4S. The Morgan fingerprint density at radius 1 is 1.05 bits per heavy atom. The second-order valence-electron chi connectivity index (χ2n) is 10.4. The van der Waals surface area contributed by atoms with Gasteiger partial charge in [-0.3, -0.25) is 14.5 Å². The number of benzene rings is 2. The third-order valence-electron chi connectivity index (χ3n) is 7.80. The van der Waals surface area contributed by atoms with Crippen molar-refractivity contribution in [1.29, 1.82) is 0 Å². The van der Waals surface area contributed by atoms with E-state index in [-0.39, 0.29) is 41.4 Å². The van der Waals surface area contributed by atoms with Crippen LogP contribution in [0, 0.1) is 0 Å². The molecule has 2 aromatic carbocycles. The Morgan fingerprint density at radius 2 is 1.84 bits per heavy atom. The average Bonchev–Trinajstić information content (AvgIpc) is 2.90. The van der Waals surface area contributed by atoms with E-state index < -0.39 is 22.0 Å². The molecule has 0 radical (unpaired) electrons. The minimum absolute atomic E-state index is 0.0664. The maximum Gasteiger partial charge on any atom is 0.245 e. The third-order valence-corrected chi connectivity index (χ3v) is 10.2. The van der Waals surface area contributed by atoms with Crippen LogP contribution < -0.4 is 10.6 Å². The van der Waals surface area contributed by atoms with Crippen molar-refractivity contribution in [3.63, 3.8) is 0 Å². The molecule has 0 aromatic heterocycles. The molecule has 2 atom stereocenters. The average molecular weight is 559 g/mol. The minimum atomic E-state index is -4.06. The fourth-order valence-electron chi connectivity index (χ4n) is 5.88. The number of hydrogen-bond donors (Lipinski definition) is 2. The molecule has 2 fully saturated rings. The Hall–Kier alpha value is -2.46. The monoisotopic (exact) mass is 558 g/mol. The molecule has 10 heteroatoms. The molecule has 0 saturated carbocycles. The zero-order valence-corrected chi connectivity index (χ0v) is 23.1. The lowest BCUT2D eigenvalue weighted by molar-refractivity contribution is -0.132. The molecule has 5 rings (SSSR count). The molecule has 0 bridgehead atoms. The molecule has 0 spiro atoms. The van der Waals surface area contributed by atoms with Crippen molar-refractivity contribution in [2.24, 2.45) is 0 Å². The van der Waals surface area contributed by atoms with Crippen molar-refractivity contribution in [2.45, 2.75) is 68.5 Å². The van der Waals surface area contributed by atoms with Gasteiger partial charge in [-0.25, -0.2) is 8.42 Å². The van der Waals surface area contributed by atoms with Gasteiger partial charge < -0.3 is 10.6 Å². The van der Waals surface area contributed by atoms with E-state index in [4.69, 9.17) is 11.6 Å². The Kier molecular flexibility index (Phi) is 8.38.